The van der Waals surface area contributed by atoms with Gasteiger partial charge in [0.15, 0.2) is 0 Å². The monoisotopic (exact) mass is 489 g/mol. The highest BCUT2D eigenvalue weighted by Gasteiger charge is 2.14. The van der Waals surface area contributed by atoms with Crippen LogP contribution in [0.25, 0.3) is 0 Å². The van der Waals surface area contributed by atoms with Crippen molar-refractivity contribution in [1.82, 2.24) is 5.32 Å². The molecule has 2 aromatic rings. The molecule has 1 unspecified atom stereocenters. The Bertz CT molecular complexity index is 932. The summed E-state index contributed by atoms with van der Waals surface area (Å²) in [5, 5.41) is 15.3. The summed E-state index contributed by atoms with van der Waals surface area (Å²) < 4.78 is 6.78. The molecule has 2 aromatic carbocycles. The predicted molar refractivity (Wildman–Crippen MR) is 120 cm³/mol. The first-order valence-corrected chi connectivity index (χ1v) is 10.1. The van der Waals surface area contributed by atoms with Crippen LogP contribution in [0.3, 0.4) is 0 Å². The van der Waals surface area contributed by atoms with E-state index in [-0.39, 0.29) is 11.6 Å². The maximum atomic E-state index is 12.5. The summed E-state index contributed by atoms with van der Waals surface area (Å²) in [6, 6.07) is 13.5. The molecule has 1 atom stereocenters. The smallest absolute Gasteiger partial charge is 0.267 e. The largest absolute Gasteiger partial charge is 0.494 e. The highest BCUT2D eigenvalue weighted by atomic mass is 127. The summed E-state index contributed by atoms with van der Waals surface area (Å²) in [6.45, 7) is 8.40. The number of ether oxygens (including phenoxy) is 1. The molecule has 0 saturated heterocycles. The van der Waals surface area contributed by atoms with Gasteiger partial charge in [0.25, 0.3) is 5.91 Å². The molecule has 0 heterocycles. The first-order valence-electron chi connectivity index (χ1n) is 9.02. The minimum atomic E-state index is -0.444. The second-order valence-corrected chi connectivity index (χ2v) is 7.69. The van der Waals surface area contributed by atoms with Gasteiger partial charge in [-0.05, 0) is 80.1 Å². The van der Waals surface area contributed by atoms with E-state index in [0.717, 1.165) is 26.0 Å². The lowest BCUT2D eigenvalue weighted by molar-refractivity contribution is -0.112. The maximum absolute atomic E-state index is 12.5. The molecule has 0 aliphatic rings. The van der Waals surface area contributed by atoms with Crippen LogP contribution in [0.5, 0.6) is 5.75 Å². The van der Waals surface area contributed by atoms with Crippen LogP contribution in [0, 0.1) is 28.7 Å². The van der Waals surface area contributed by atoms with Gasteiger partial charge in [0.2, 0.25) is 0 Å². The summed E-state index contributed by atoms with van der Waals surface area (Å²) in [7, 11) is 0. The number of hydrogen-bond donors (Lipinski definition) is 2. The number of anilines is 1. The third-order valence-corrected chi connectivity index (χ3v) is 4.88. The number of carbonyl (C=O) groups excluding carboxylic acids is 1. The number of hydrogen-bond acceptors (Lipinski definition) is 4. The van der Waals surface area contributed by atoms with Crippen LogP contribution < -0.4 is 15.4 Å². The molecule has 0 aromatic heterocycles. The topological polar surface area (TPSA) is 74.1 Å². The van der Waals surface area contributed by atoms with Crippen LogP contribution in [-0.4, -0.2) is 12.5 Å². The third-order valence-electron chi connectivity index (χ3n) is 4.21. The standard InChI is InChI=1S/C22H24IN3O2/c1-5-28-21-9-6-14(2)10-19(21)16(4)25-13-17(12-24)22(27)26-20-8-7-18(23)11-15(20)3/h6-11,13,16,25H,5H2,1-4H3,(H,26,27)/b17-13-. The number of amides is 1. The number of nitrogens with one attached hydrogen (secondary N) is 2. The second-order valence-electron chi connectivity index (χ2n) is 6.45. The Morgan fingerprint density at radius 2 is 2.04 bits per heavy atom. The Hall–Kier alpha value is -2.53. The number of rotatable bonds is 7. The molecule has 2 N–H and O–H groups in total. The van der Waals surface area contributed by atoms with Crippen LogP contribution in [-0.2, 0) is 4.79 Å². The zero-order chi connectivity index (χ0) is 20.7. The Balaban J connectivity index is 2.15. The molecule has 0 spiro atoms. The quantitative estimate of drug-likeness (QED) is 0.326. The number of nitriles is 1. The summed E-state index contributed by atoms with van der Waals surface area (Å²) in [5.74, 6) is 0.347. The molecule has 0 fully saturated rings. The highest BCUT2D eigenvalue weighted by molar-refractivity contribution is 14.1. The van der Waals surface area contributed by atoms with Gasteiger partial charge >= 0.3 is 0 Å². The molecule has 0 radical (unpaired) electrons. The average Bonchev–Trinajstić information content (AvgIpc) is 2.66. The van der Waals surface area contributed by atoms with Crippen molar-refractivity contribution in [2.24, 2.45) is 0 Å². The number of nitrogens with zero attached hydrogens (tertiary/aromatic N) is 1. The first-order chi connectivity index (χ1) is 13.3. The van der Waals surface area contributed by atoms with E-state index < -0.39 is 5.91 Å². The van der Waals surface area contributed by atoms with Crippen molar-refractivity contribution in [3.05, 3.63) is 68.4 Å². The van der Waals surface area contributed by atoms with E-state index in [4.69, 9.17) is 4.74 Å². The zero-order valence-electron chi connectivity index (χ0n) is 16.5. The van der Waals surface area contributed by atoms with E-state index in [9.17, 15) is 10.1 Å². The Labute approximate surface area is 179 Å². The molecule has 0 aliphatic carbocycles. The highest BCUT2D eigenvalue weighted by Crippen LogP contribution is 2.26. The van der Waals surface area contributed by atoms with Gasteiger partial charge < -0.3 is 15.4 Å². The van der Waals surface area contributed by atoms with Crippen molar-refractivity contribution in [1.29, 1.82) is 5.26 Å². The van der Waals surface area contributed by atoms with E-state index in [2.05, 4.69) is 33.2 Å². The molecule has 0 saturated carbocycles. The Kier molecular flexibility index (Phi) is 7.88. The van der Waals surface area contributed by atoms with Crippen LogP contribution in [0.15, 0.2) is 48.2 Å². The van der Waals surface area contributed by atoms with Crippen LogP contribution in [0.2, 0.25) is 0 Å². The summed E-state index contributed by atoms with van der Waals surface area (Å²) >= 11 is 2.22. The Morgan fingerprint density at radius 3 is 2.68 bits per heavy atom. The van der Waals surface area contributed by atoms with Crippen molar-refractivity contribution >= 4 is 34.2 Å². The van der Waals surface area contributed by atoms with Gasteiger partial charge in [-0.25, -0.2) is 0 Å². The van der Waals surface area contributed by atoms with Gasteiger partial charge in [0.05, 0.1) is 12.6 Å². The van der Waals surface area contributed by atoms with E-state index in [1.54, 1.807) is 0 Å². The van der Waals surface area contributed by atoms with Crippen LogP contribution in [0.1, 0.15) is 36.6 Å². The van der Waals surface area contributed by atoms with Gasteiger partial charge in [0.1, 0.15) is 17.4 Å². The first kappa shape index (κ1) is 21.8. The third kappa shape index (κ3) is 5.73. The van der Waals surface area contributed by atoms with Crippen molar-refractivity contribution in [3.8, 4) is 11.8 Å². The number of benzene rings is 2. The van der Waals surface area contributed by atoms with E-state index in [1.807, 2.05) is 70.2 Å². The van der Waals surface area contributed by atoms with Crippen molar-refractivity contribution in [2.75, 3.05) is 11.9 Å². The van der Waals surface area contributed by atoms with Crippen molar-refractivity contribution < 1.29 is 9.53 Å². The molecular weight excluding hydrogens is 465 g/mol. The molecule has 0 bridgehead atoms. The van der Waals surface area contributed by atoms with E-state index in [0.29, 0.717) is 12.3 Å². The van der Waals surface area contributed by atoms with Gasteiger partial charge in [0, 0.05) is 21.0 Å². The molecule has 5 nitrogen and oxygen atoms in total. The minimum Gasteiger partial charge on any atom is -0.494 e. The second kappa shape index (κ2) is 10.1. The van der Waals surface area contributed by atoms with Gasteiger partial charge in [-0.3, -0.25) is 4.79 Å². The van der Waals surface area contributed by atoms with Gasteiger partial charge in [-0.15, -0.1) is 0 Å². The molecule has 28 heavy (non-hydrogen) atoms. The fourth-order valence-corrected chi connectivity index (χ4v) is 3.34. The molecule has 1 amide bonds. The van der Waals surface area contributed by atoms with E-state index in [1.165, 1.54) is 6.20 Å². The molecular formula is C22H24IN3O2. The molecule has 2 rings (SSSR count). The average molecular weight is 489 g/mol. The van der Waals surface area contributed by atoms with Crippen LogP contribution >= 0.6 is 22.6 Å². The van der Waals surface area contributed by atoms with Gasteiger partial charge in [-0.1, -0.05) is 17.7 Å². The maximum Gasteiger partial charge on any atom is 0.267 e. The predicted octanol–water partition coefficient (Wildman–Crippen LogP) is 5.00. The zero-order valence-corrected chi connectivity index (χ0v) is 18.6. The van der Waals surface area contributed by atoms with Crippen molar-refractivity contribution in [3.63, 3.8) is 0 Å². The van der Waals surface area contributed by atoms with Crippen LogP contribution in [0.4, 0.5) is 5.69 Å². The lowest BCUT2D eigenvalue weighted by Gasteiger charge is -2.18. The van der Waals surface area contributed by atoms with Gasteiger partial charge in [-0.2, -0.15) is 5.26 Å². The normalized spacial score (nSPS) is 12.1. The number of halogens is 1. The number of carbonyl (C=O) groups is 1. The van der Waals surface area contributed by atoms with Crippen molar-refractivity contribution in [2.45, 2.75) is 33.7 Å². The fourth-order valence-electron chi connectivity index (χ4n) is 2.70. The Morgan fingerprint density at radius 1 is 1.29 bits per heavy atom. The van der Waals surface area contributed by atoms with E-state index >= 15 is 0 Å². The molecule has 6 heteroatoms. The lowest BCUT2D eigenvalue weighted by atomic mass is 10.0. The summed E-state index contributed by atoms with van der Waals surface area (Å²) in [5.41, 5.74) is 3.74. The minimum absolute atomic E-state index is 0.00964. The summed E-state index contributed by atoms with van der Waals surface area (Å²) in [4.78, 5) is 12.5. The lowest BCUT2D eigenvalue weighted by Crippen LogP contribution is -2.19. The fraction of sp³-hybridized carbons (Fsp3) is 0.273. The molecule has 0 aliphatic heterocycles. The SMILES string of the molecule is CCOc1ccc(C)cc1C(C)N/C=C(/C#N)C(=O)Nc1ccc(I)cc1C. The molecule has 146 valence electrons. The number of aryl methyl sites for hydroxylation is 2. The summed E-state index contributed by atoms with van der Waals surface area (Å²) in [6.07, 6.45) is 1.46.